The molecule has 0 aliphatic carbocycles. The van der Waals surface area contributed by atoms with Crippen LogP contribution in [-0.4, -0.2) is 29.5 Å². The van der Waals surface area contributed by atoms with Crippen LogP contribution in [-0.2, 0) is 11.8 Å². The van der Waals surface area contributed by atoms with Crippen LogP contribution < -0.4 is 5.32 Å². The molecule has 1 N–H and O–H groups in total. The van der Waals surface area contributed by atoms with E-state index in [-0.39, 0.29) is 12.1 Å². The van der Waals surface area contributed by atoms with Gasteiger partial charge >= 0.3 is 0 Å². The molecule has 1 fully saturated rings. The van der Waals surface area contributed by atoms with Crippen LogP contribution in [0.5, 0.6) is 0 Å². The number of hydrogen-bond acceptors (Lipinski definition) is 3. The molecule has 0 spiro atoms. The van der Waals surface area contributed by atoms with E-state index in [1.54, 1.807) is 6.20 Å². The van der Waals surface area contributed by atoms with Crippen LogP contribution in [0.2, 0.25) is 5.02 Å². The Hall–Kier alpha value is -0.580. The standard InChI is InChI=1S/C11H18ClN3O/c1-7-8(4-5-16-7)10(13-2)11-9(12)6-14-15(11)3/h6-8,10,13H,4-5H2,1-3H3. The lowest BCUT2D eigenvalue weighted by atomic mass is 9.91. The normalized spacial score (nSPS) is 27.2. The number of ether oxygens (including phenoxy) is 1. The molecule has 4 nitrogen and oxygen atoms in total. The molecule has 1 aliphatic rings. The summed E-state index contributed by atoms with van der Waals surface area (Å²) in [5.74, 6) is 0.456. The summed E-state index contributed by atoms with van der Waals surface area (Å²) in [5.41, 5.74) is 1.05. The first kappa shape index (κ1) is 11.9. The molecule has 3 unspecified atom stereocenters. The van der Waals surface area contributed by atoms with Gasteiger partial charge in [-0.05, 0) is 20.4 Å². The van der Waals surface area contributed by atoms with Gasteiger partial charge < -0.3 is 10.1 Å². The molecule has 1 aromatic rings. The summed E-state index contributed by atoms with van der Waals surface area (Å²) in [6.07, 6.45) is 3.03. The molecule has 0 aromatic carbocycles. The molecule has 1 aromatic heterocycles. The molecule has 16 heavy (non-hydrogen) atoms. The third kappa shape index (κ3) is 1.97. The lowest BCUT2D eigenvalue weighted by Gasteiger charge is -2.25. The van der Waals surface area contributed by atoms with Crippen LogP contribution in [0.3, 0.4) is 0 Å². The molecule has 5 heteroatoms. The highest BCUT2D eigenvalue weighted by molar-refractivity contribution is 6.31. The van der Waals surface area contributed by atoms with E-state index in [4.69, 9.17) is 16.3 Å². The maximum absolute atomic E-state index is 6.18. The van der Waals surface area contributed by atoms with Crippen molar-refractivity contribution in [2.24, 2.45) is 13.0 Å². The minimum atomic E-state index is 0.206. The maximum atomic E-state index is 6.18. The van der Waals surface area contributed by atoms with Gasteiger partial charge in [-0.15, -0.1) is 0 Å². The quantitative estimate of drug-likeness (QED) is 0.879. The summed E-state index contributed by atoms with van der Waals surface area (Å²) in [6, 6.07) is 0.206. The molecule has 1 aliphatic heterocycles. The number of halogens is 1. The van der Waals surface area contributed by atoms with Crippen molar-refractivity contribution in [2.75, 3.05) is 13.7 Å². The van der Waals surface area contributed by atoms with E-state index in [2.05, 4.69) is 17.3 Å². The van der Waals surface area contributed by atoms with Crippen molar-refractivity contribution in [2.45, 2.75) is 25.5 Å². The van der Waals surface area contributed by atoms with Crippen LogP contribution in [0.4, 0.5) is 0 Å². The van der Waals surface area contributed by atoms with Crippen molar-refractivity contribution in [1.82, 2.24) is 15.1 Å². The average Bonchev–Trinajstić information content (AvgIpc) is 2.80. The fourth-order valence-electron chi connectivity index (χ4n) is 2.51. The van der Waals surface area contributed by atoms with Gasteiger partial charge in [-0.3, -0.25) is 4.68 Å². The van der Waals surface area contributed by atoms with E-state index in [1.807, 2.05) is 18.8 Å². The highest BCUT2D eigenvalue weighted by Crippen LogP contribution is 2.35. The summed E-state index contributed by atoms with van der Waals surface area (Å²) in [7, 11) is 3.88. The van der Waals surface area contributed by atoms with Crippen LogP contribution in [0.25, 0.3) is 0 Å². The zero-order valence-electron chi connectivity index (χ0n) is 9.90. The molecule has 0 bridgehead atoms. The minimum Gasteiger partial charge on any atom is -0.378 e. The van der Waals surface area contributed by atoms with Gasteiger partial charge in [-0.2, -0.15) is 5.10 Å². The van der Waals surface area contributed by atoms with Crippen molar-refractivity contribution in [3.05, 3.63) is 16.9 Å². The van der Waals surface area contributed by atoms with Crippen molar-refractivity contribution in [1.29, 1.82) is 0 Å². The summed E-state index contributed by atoms with van der Waals surface area (Å²) in [4.78, 5) is 0. The number of nitrogens with zero attached hydrogens (tertiary/aromatic N) is 2. The Kier molecular flexibility index (Phi) is 3.52. The van der Waals surface area contributed by atoms with E-state index < -0.39 is 0 Å². The predicted molar refractivity (Wildman–Crippen MR) is 63.5 cm³/mol. The Balaban J connectivity index is 2.28. The maximum Gasteiger partial charge on any atom is 0.0834 e. The topological polar surface area (TPSA) is 39.1 Å². The van der Waals surface area contributed by atoms with Crippen LogP contribution in [0.15, 0.2) is 6.20 Å². The number of hydrogen-bond donors (Lipinski definition) is 1. The highest BCUT2D eigenvalue weighted by Gasteiger charge is 2.34. The average molecular weight is 244 g/mol. The second kappa shape index (κ2) is 4.73. The predicted octanol–water partition coefficient (Wildman–Crippen LogP) is 1.76. The fraction of sp³-hybridized carbons (Fsp3) is 0.727. The minimum absolute atomic E-state index is 0.206. The second-order valence-corrected chi connectivity index (χ2v) is 4.70. The third-order valence-electron chi connectivity index (χ3n) is 3.41. The van der Waals surface area contributed by atoms with E-state index in [0.717, 1.165) is 23.7 Å². The monoisotopic (exact) mass is 243 g/mol. The zero-order chi connectivity index (χ0) is 11.7. The number of rotatable bonds is 3. The van der Waals surface area contributed by atoms with Crippen LogP contribution >= 0.6 is 11.6 Å². The fourth-order valence-corrected chi connectivity index (χ4v) is 2.79. The SMILES string of the molecule is CNC(c1c(Cl)cnn1C)C1CCOC1C. The molecule has 0 saturated carbocycles. The lowest BCUT2D eigenvalue weighted by Crippen LogP contribution is -2.31. The van der Waals surface area contributed by atoms with Crippen LogP contribution in [0.1, 0.15) is 25.1 Å². The lowest BCUT2D eigenvalue weighted by molar-refractivity contribution is 0.0954. The molecule has 2 heterocycles. The molecular formula is C11H18ClN3O. The Bertz CT molecular complexity index is 347. The smallest absolute Gasteiger partial charge is 0.0834 e. The second-order valence-electron chi connectivity index (χ2n) is 4.30. The Morgan fingerprint density at radius 1 is 1.69 bits per heavy atom. The third-order valence-corrected chi connectivity index (χ3v) is 3.70. The van der Waals surface area contributed by atoms with Crippen molar-refractivity contribution in [3.63, 3.8) is 0 Å². The first-order valence-corrected chi connectivity index (χ1v) is 5.99. The Labute approximate surface area is 101 Å². The summed E-state index contributed by atoms with van der Waals surface area (Å²) in [6.45, 7) is 2.95. The highest BCUT2D eigenvalue weighted by atomic mass is 35.5. The Morgan fingerprint density at radius 2 is 2.44 bits per heavy atom. The molecular weight excluding hydrogens is 226 g/mol. The molecule has 90 valence electrons. The van der Waals surface area contributed by atoms with Gasteiger partial charge in [0.2, 0.25) is 0 Å². The number of nitrogens with one attached hydrogen (secondary N) is 1. The molecule has 0 amide bonds. The molecule has 0 radical (unpaired) electrons. The van der Waals surface area contributed by atoms with Gasteiger partial charge in [0.25, 0.3) is 0 Å². The van der Waals surface area contributed by atoms with Crippen molar-refractivity contribution >= 4 is 11.6 Å². The van der Waals surface area contributed by atoms with E-state index >= 15 is 0 Å². The number of aryl methyl sites for hydroxylation is 1. The van der Waals surface area contributed by atoms with Crippen LogP contribution in [0, 0.1) is 5.92 Å². The van der Waals surface area contributed by atoms with E-state index in [0.29, 0.717) is 5.92 Å². The summed E-state index contributed by atoms with van der Waals surface area (Å²) in [5, 5.41) is 8.24. The largest absolute Gasteiger partial charge is 0.378 e. The van der Waals surface area contributed by atoms with Gasteiger partial charge in [0.1, 0.15) is 0 Å². The van der Waals surface area contributed by atoms with Crippen molar-refractivity contribution < 1.29 is 4.74 Å². The summed E-state index contributed by atoms with van der Waals surface area (Å²) >= 11 is 6.18. The first-order chi connectivity index (χ1) is 7.65. The van der Waals surface area contributed by atoms with Crippen molar-refractivity contribution in [3.8, 4) is 0 Å². The van der Waals surface area contributed by atoms with Gasteiger partial charge in [0.15, 0.2) is 0 Å². The Morgan fingerprint density at radius 3 is 2.88 bits per heavy atom. The number of aromatic nitrogens is 2. The molecule has 1 saturated heterocycles. The molecule has 2 rings (SSSR count). The van der Waals surface area contributed by atoms with Gasteiger partial charge in [0.05, 0.1) is 29.1 Å². The zero-order valence-corrected chi connectivity index (χ0v) is 10.7. The first-order valence-electron chi connectivity index (χ1n) is 5.61. The van der Waals surface area contributed by atoms with E-state index in [1.165, 1.54) is 0 Å². The molecule has 3 atom stereocenters. The summed E-state index contributed by atoms with van der Waals surface area (Å²) < 4.78 is 7.46. The van der Waals surface area contributed by atoms with Gasteiger partial charge in [0, 0.05) is 19.6 Å². The van der Waals surface area contributed by atoms with E-state index in [9.17, 15) is 0 Å². The van der Waals surface area contributed by atoms with Gasteiger partial charge in [-0.25, -0.2) is 0 Å². The van der Waals surface area contributed by atoms with Gasteiger partial charge in [-0.1, -0.05) is 11.6 Å².